The second-order valence-electron chi connectivity index (χ2n) is 4.45. The molecule has 0 aliphatic carbocycles. The van der Waals surface area contributed by atoms with Gasteiger partial charge in [0.2, 0.25) is 0 Å². The summed E-state index contributed by atoms with van der Waals surface area (Å²) in [5, 5.41) is 0.135. The predicted octanol–water partition coefficient (Wildman–Crippen LogP) is 3.38. The molecule has 1 aromatic rings. The van der Waals surface area contributed by atoms with Crippen molar-refractivity contribution < 1.29 is 27.1 Å². The minimum atomic E-state index is -3.18. The summed E-state index contributed by atoms with van der Waals surface area (Å²) in [7, 11) is 0. The van der Waals surface area contributed by atoms with Crippen molar-refractivity contribution in [2.24, 2.45) is 4.99 Å². The lowest BCUT2D eigenvalue weighted by molar-refractivity contribution is -0.128. The number of ether oxygens (including phenoxy) is 1. The Morgan fingerprint density at radius 2 is 2.14 bits per heavy atom. The fourth-order valence-electron chi connectivity index (χ4n) is 1.89. The van der Waals surface area contributed by atoms with Gasteiger partial charge in [-0.05, 0) is 12.1 Å². The van der Waals surface area contributed by atoms with Crippen LogP contribution in [0.15, 0.2) is 29.3 Å². The monoisotopic (exact) mass is 336 g/mol. The summed E-state index contributed by atoms with van der Waals surface area (Å²) in [6.07, 6.45) is -3.18. The van der Waals surface area contributed by atoms with Gasteiger partial charge in [0.1, 0.15) is 5.75 Å². The number of alkyl halides is 4. The van der Waals surface area contributed by atoms with E-state index in [2.05, 4.69) is 9.73 Å². The number of rotatable bonds is 4. The number of aliphatic imine (C=N–C) groups is 1. The highest BCUT2D eigenvalue weighted by Crippen LogP contribution is 2.32. The molecule has 1 atom stereocenters. The van der Waals surface area contributed by atoms with Crippen LogP contribution in [0.3, 0.4) is 0 Å². The number of hydrogen-bond donors (Lipinski definition) is 0. The maximum atomic E-state index is 12.3. The molecule has 1 aliphatic heterocycles. The van der Waals surface area contributed by atoms with E-state index in [1.54, 1.807) is 6.07 Å². The quantitative estimate of drug-likeness (QED) is 0.791. The third-order valence-corrected chi connectivity index (χ3v) is 3.80. The van der Waals surface area contributed by atoms with Crippen LogP contribution in [0.1, 0.15) is 6.92 Å². The van der Waals surface area contributed by atoms with Crippen molar-refractivity contribution in [3.8, 4) is 5.75 Å². The minimum Gasteiger partial charge on any atom is -0.435 e. The molecule has 1 aliphatic rings. The molecule has 1 saturated heterocycles. The number of halogens is 4. The highest BCUT2D eigenvalue weighted by Gasteiger charge is 2.29. The van der Waals surface area contributed by atoms with E-state index in [0.29, 0.717) is 12.2 Å². The van der Waals surface area contributed by atoms with E-state index in [4.69, 9.17) is 0 Å². The molecule has 1 amide bonds. The Morgan fingerprint density at radius 1 is 1.41 bits per heavy atom. The third-order valence-electron chi connectivity index (χ3n) is 2.72. The Morgan fingerprint density at radius 3 is 2.77 bits per heavy atom. The van der Waals surface area contributed by atoms with Crippen LogP contribution in [-0.2, 0) is 4.79 Å². The molecule has 0 N–H and O–H groups in total. The number of thioether (sulfide) groups is 1. The van der Waals surface area contributed by atoms with Gasteiger partial charge in [-0.2, -0.15) is 22.6 Å². The first kappa shape index (κ1) is 16.6. The smallest absolute Gasteiger partial charge is 0.387 e. The molecule has 1 fully saturated rings. The zero-order chi connectivity index (χ0) is 16.3. The molecule has 0 saturated carbocycles. The van der Waals surface area contributed by atoms with Gasteiger partial charge in [0.05, 0.1) is 0 Å². The van der Waals surface area contributed by atoms with E-state index in [9.17, 15) is 22.4 Å². The number of anilines is 1. The summed E-state index contributed by atoms with van der Waals surface area (Å²) in [5.74, 6) is -1.59. The van der Waals surface area contributed by atoms with Gasteiger partial charge in [-0.15, -0.1) is 0 Å². The number of nitrogens with zero attached hydrogens (tertiary/aromatic N) is 2. The highest BCUT2D eigenvalue weighted by atomic mass is 32.2. The maximum absolute atomic E-state index is 12.3. The van der Waals surface area contributed by atoms with Crippen molar-refractivity contribution in [1.82, 2.24) is 0 Å². The summed E-state index contributed by atoms with van der Waals surface area (Å²) in [5.41, 5.74) is 0.441. The molecule has 0 spiro atoms. The van der Waals surface area contributed by atoms with Gasteiger partial charge >= 0.3 is 18.9 Å². The van der Waals surface area contributed by atoms with Crippen LogP contribution in [0.4, 0.5) is 23.2 Å². The van der Waals surface area contributed by atoms with Crippen LogP contribution < -0.4 is 9.64 Å². The highest BCUT2D eigenvalue weighted by molar-refractivity contribution is 8.15. The van der Waals surface area contributed by atoms with Gasteiger partial charge in [0, 0.05) is 23.5 Å². The molecular weight excluding hydrogens is 324 g/mol. The van der Waals surface area contributed by atoms with E-state index < -0.39 is 18.9 Å². The second-order valence-corrected chi connectivity index (χ2v) is 5.85. The summed E-state index contributed by atoms with van der Waals surface area (Å²) >= 11 is 1.17. The largest absolute Gasteiger partial charge is 0.435 e. The van der Waals surface area contributed by atoms with Crippen LogP contribution in [-0.4, -0.2) is 35.9 Å². The molecule has 1 unspecified atom stereocenters. The lowest BCUT2D eigenvalue weighted by atomic mass is 10.2. The predicted molar refractivity (Wildman–Crippen MR) is 75.9 cm³/mol. The molecule has 0 bridgehead atoms. The first-order valence-electron chi connectivity index (χ1n) is 6.26. The first-order chi connectivity index (χ1) is 10.4. The number of carbonyl (C=O) groups is 1. The van der Waals surface area contributed by atoms with E-state index in [1.165, 1.54) is 34.9 Å². The van der Waals surface area contributed by atoms with Gasteiger partial charge in [-0.3, -0.25) is 4.79 Å². The number of benzene rings is 1. The van der Waals surface area contributed by atoms with Crippen LogP contribution in [0.2, 0.25) is 0 Å². The fraction of sp³-hybridized carbons (Fsp3) is 0.385. The lowest BCUT2D eigenvalue weighted by Gasteiger charge is -2.18. The summed E-state index contributed by atoms with van der Waals surface area (Å²) in [6, 6.07) is 5.78. The Kier molecular flexibility index (Phi) is 5.28. The second kappa shape index (κ2) is 6.99. The first-order valence-corrected chi connectivity index (χ1v) is 7.14. The fourth-order valence-corrected chi connectivity index (χ4v) is 2.92. The van der Waals surface area contributed by atoms with Crippen molar-refractivity contribution in [2.45, 2.75) is 25.2 Å². The molecule has 0 aromatic heterocycles. The Hall–Kier alpha value is -1.77. The Bertz CT molecular complexity index is 583. The van der Waals surface area contributed by atoms with Crippen LogP contribution in [0.5, 0.6) is 5.75 Å². The van der Waals surface area contributed by atoms with E-state index in [0.717, 1.165) is 0 Å². The SMILES string of the molecule is CC1CN(c2cccc(OC(F)F)c2)C(=NC(=O)C(F)F)S1. The number of amidine groups is 1. The average Bonchev–Trinajstić information content (AvgIpc) is 2.79. The average molecular weight is 336 g/mol. The maximum Gasteiger partial charge on any atom is 0.387 e. The molecule has 4 nitrogen and oxygen atoms in total. The van der Waals surface area contributed by atoms with E-state index in [-0.39, 0.29) is 16.2 Å². The third kappa shape index (κ3) is 4.12. The van der Waals surface area contributed by atoms with Crippen molar-refractivity contribution in [2.75, 3.05) is 11.4 Å². The number of amides is 1. The van der Waals surface area contributed by atoms with Gasteiger partial charge in [0.25, 0.3) is 0 Å². The number of hydrogen-bond acceptors (Lipinski definition) is 3. The standard InChI is InChI=1S/C13H12F4N2O2S/c1-7-6-19(13(22-7)18-11(20)10(14)15)8-3-2-4-9(5-8)21-12(16)17/h2-5,7,10,12H,6H2,1H3. The van der Waals surface area contributed by atoms with Crippen molar-refractivity contribution >= 4 is 28.5 Å². The van der Waals surface area contributed by atoms with E-state index in [1.807, 2.05) is 6.92 Å². The Labute approximate surface area is 128 Å². The molecule has 2 rings (SSSR count). The molecule has 120 valence electrons. The normalized spacial score (nSPS) is 20.2. The zero-order valence-corrected chi connectivity index (χ0v) is 12.2. The summed E-state index contributed by atoms with van der Waals surface area (Å²) < 4.78 is 53.4. The molecule has 9 heteroatoms. The van der Waals surface area contributed by atoms with Gasteiger partial charge in [0.15, 0.2) is 5.17 Å². The topological polar surface area (TPSA) is 41.9 Å². The molecule has 1 heterocycles. The van der Waals surface area contributed by atoms with Crippen LogP contribution in [0, 0.1) is 0 Å². The van der Waals surface area contributed by atoms with Gasteiger partial charge in [-0.1, -0.05) is 24.8 Å². The summed E-state index contributed by atoms with van der Waals surface area (Å²) in [6.45, 7) is -0.708. The van der Waals surface area contributed by atoms with Crippen LogP contribution >= 0.6 is 11.8 Å². The molecular formula is C13H12F4N2O2S. The number of carbonyl (C=O) groups excluding carboxylic acids is 1. The lowest BCUT2D eigenvalue weighted by Crippen LogP contribution is -2.26. The molecule has 22 heavy (non-hydrogen) atoms. The van der Waals surface area contributed by atoms with Crippen LogP contribution in [0.25, 0.3) is 0 Å². The van der Waals surface area contributed by atoms with Crippen molar-refractivity contribution in [1.29, 1.82) is 0 Å². The van der Waals surface area contributed by atoms with Crippen molar-refractivity contribution in [3.05, 3.63) is 24.3 Å². The van der Waals surface area contributed by atoms with Gasteiger partial charge in [-0.25, -0.2) is 0 Å². The van der Waals surface area contributed by atoms with Gasteiger partial charge < -0.3 is 9.64 Å². The van der Waals surface area contributed by atoms with Crippen molar-refractivity contribution in [3.63, 3.8) is 0 Å². The summed E-state index contributed by atoms with van der Waals surface area (Å²) in [4.78, 5) is 16.0. The molecule has 1 aromatic carbocycles. The Balaban J connectivity index is 2.27. The van der Waals surface area contributed by atoms with E-state index >= 15 is 0 Å². The minimum absolute atomic E-state index is 0.0175. The molecule has 0 radical (unpaired) electrons. The zero-order valence-electron chi connectivity index (χ0n) is 11.4.